The van der Waals surface area contributed by atoms with Crippen molar-refractivity contribution in [2.75, 3.05) is 11.4 Å². The predicted octanol–water partition coefficient (Wildman–Crippen LogP) is 7.25. The zero-order valence-electron chi connectivity index (χ0n) is 17.0. The SMILES string of the molecule is CCCCN1C(=O)c2c(cc([N+](=O)[O-])cc2Oc2cccc(Cl)c2Cl)Oc2ccccc21. The van der Waals surface area contributed by atoms with Gasteiger partial charge in [0.1, 0.15) is 16.3 Å². The Hall–Kier alpha value is -3.29. The minimum atomic E-state index is -0.577. The van der Waals surface area contributed by atoms with E-state index >= 15 is 0 Å². The number of anilines is 1. The fourth-order valence-corrected chi connectivity index (χ4v) is 3.73. The highest BCUT2D eigenvalue weighted by molar-refractivity contribution is 6.42. The summed E-state index contributed by atoms with van der Waals surface area (Å²) < 4.78 is 11.9. The molecule has 0 saturated carbocycles. The van der Waals surface area contributed by atoms with Gasteiger partial charge >= 0.3 is 0 Å². The number of nitrogens with zero attached hydrogens (tertiary/aromatic N) is 2. The van der Waals surface area contributed by atoms with Crippen LogP contribution >= 0.6 is 23.2 Å². The number of nitro benzene ring substituents is 1. The molecule has 0 unspecified atom stereocenters. The molecule has 1 heterocycles. The molecule has 9 heteroatoms. The number of nitro groups is 1. The molecule has 0 saturated heterocycles. The van der Waals surface area contributed by atoms with Crippen molar-refractivity contribution in [3.8, 4) is 23.0 Å². The van der Waals surface area contributed by atoms with Gasteiger partial charge in [-0.05, 0) is 30.7 Å². The Balaban J connectivity index is 1.91. The largest absolute Gasteiger partial charge is 0.454 e. The topological polar surface area (TPSA) is 81.9 Å². The van der Waals surface area contributed by atoms with E-state index in [-0.39, 0.29) is 44.5 Å². The number of benzene rings is 3. The quantitative estimate of drug-likeness (QED) is 0.278. The maximum atomic E-state index is 13.7. The number of hydrogen-bond donors (Lipinski definition) is 0. The van der Waals surface area contributed by atoms with Gasteiger partial charge in [0.2, 0.25) is 0 Å². The summed E-state index contributed by atoms with van der Waals surface area (Å²) in [6.07, 6.45) is 1.64. The first-order valence-corrected chi connectivity index (χ1v) is 10.7. The van der Waals surface area contributed by atoms with Gasteiger partial charge in [-0.25, -0.2) is 0 Å². The molecule has 164 valence electrons. The number of halogens is 2. The van der Waals surface area contributed by atoms with E-state index in [4.69, 9.17) is 32.7 Å². The maximum absolute atomic E-state index is 13.7. The van der Waals surface area contributed by atoms with Crippen LogP contribution in [0.15, 0.2) is 54.6 Å². The summed E-state index contributed by atoms with van der Waals surface area (Å²) in [4.78, 5) is 26.3. The van der Waals surface area contributed by atoms with Crippen LogP contribution in [-0.4, -0.2) is 17.4 Å². The smallest absolute Gasteiger partial charge is 0.276 e. The van der Waals surface area contributed by atoms with Crippen LogP contribution in [0.4, 0.5) is 11.4 Å². The van der Waals surface area contributed by atoms with Crippen LogP contribution in [0, 0.1) is 10.1 Å². The Morgan fingerprint density at radius 2 is 1.84 bits per heavy atom. The predicted molar refractivity (Wildman–Crippen MR) is 123 cm³/mol. The number of hydrogen-bond acceptors (Lipinski definition) is 5. The van der Waals surface area contributed by atoms with Crippen LogP contribution in [0.3, 0.4) is 0 Å². The van der Waals surface area contributed by atoms with Gasteiger partial charge in [-0.3, -0.25) is 14.9 Å². The van der Waals surface area contributed by atoms with E-state index in [1.165, 1.54) is 12.1 Å². The van der Waals surface area contributed by atoms with Gasteiger partial charge in [-0.1, -0.05) is 54.7 Å². The molecule has 4 rings (SSSR count). The molecule has 0 aliphatic carbocycles. The number of unbranched alkanes of at least 4 members (excludes halogenated alkanes) is 1. The second-order valence-electron chi connectivity index (χ2n) is 7.11. The van der Waals surface area contributed by atoms with Crippen LogP contribution in [0.2, 0.25) is 10.0 Å². The van der Waals surface area contributed by atoms with Crippen LogP contribution in [0.25, 0.3) is 0 Å². The monoisotopic (exact) mass is 472 g/mol. The van der Waals surface area contributed by atoms with Gasteiger partial charge in [-0.2, -0.15) is 0 Å². The molecular formula is C23H18Cl2N2O5. The molecular weight excluding hydrogens is 455 g/mol. The molecule has 0 spiro atoms. The summed E-state index contributed by atoms with van der Waals surface area (Å²) in [5.41, 5.74) is 0.361. The highest BCUT2D eigenvalue weighted by Gasteiger charge is 2.33. The van der Waals surface area contributed by atoms with Gasteiger partial charge in [-0.15, -0.1) is 0 Å². The number of carbonyl (C=O) groups excluding carboxylic acids is 1. The summed E-state index contributed by atoms with van der Waals surface area (Å²) in [6, 6.07) is 14.2. The van der Waals surface area contributed by atoms with Gasteiger partial charge in [0, 0.05) is 6.54 Å². The Bertz CT molecular complexity index is 1210. The molecule has 0 radical (unpaired) electrons. The maximum Gasteiger partial charge on any atom is 0.276 e. The minimum absolute atomic E-state index is 0.0313. The molecule has 0 fully saturated rings. The molecule has 1 aliphatic heterocycles. The fraction of sp³-hybridized carbons (Fsp3) is 0.174. The Morgan fingerprint density at radius 3 is 2.59 bits per heavy atom. The van der Waals surface area contributed by atoms with E-state index in [0.29, 0.717) is 18.0 Å². The zero-order valence-corrected chi connectivity index (χ0v) is 18.5. The summed E-state index contributed by atoms with van der Waals surface area (Å²) in [7, 11) is 0. The first-order valence-electron chi connectivity index (χ1n) is 9.93. The first kappa shape index (κ1) is 21.9. The third-order valence-electron chi connectivity index (χ3n) is 4.97. The molecule has 1 amide bonds. The molecule has 0 atom stereocenters. The number of ether oxygens (including phenoxy) is 2. The molecule has 3 aromatic carbocycles. The molecule has 0 bridgehead atoms. The van der Waals surface area contributed by atoms with Crippen LogP contribution in [-0.2, 0) is 0 Å². The summed E-state index contributed by atoms with van der Waals surface area (Å²) in [5, 5.41) is 12.0. The molecule has 3 aromatic rings. The van der Waals surface area contributed by atoms with Gasteiger partial charge in [0.15, 0.2) is 17.2 Å². The lowest BCUT2D eigenvalue weighted by atomic mass is 10.1. The number of para-hydroxylation sites is 2. The van der Waals surface area contributed by atoms with Crippen molar-refractivity contribution in [3.63, 3.8) is 0 Å². The number of fused-ring (bicyclic) bond motifs is 2. The van der Waals surface area contributed by atoms with E-state index in [9.17, 15) is 14.9 Å². The minimum Gasteiger partial charge on any atom is -0.454 e. The second-order valence-corrected chi connectivity index (χ2v) is 7.89. The fourth-order valence-electron chi connectivity index (χ4n) is 3.40. The highest BCUT2D eigenvalue weighted by atomic mass is 35.5. The van der Waals surface area contributed by atoms with E-state index in [1.54, 1.807) is 47.4 Å². The molecule has 0 N–H and O–H groups in total. The van der Waals surface area contributed by atoms with Crippen molar-refractivity contribution in [2.24, 2.45) is 0 Å². The average Bonchev–Trinajstić information content (AvgIpc) is 2.89. The molecule has 7 nitrogen and oxygen atoms in total. The molecule has 32 heavy (non-hydrogen) atoms. The van der Waals surface area contributed by atoms with Gasteiger partial charge < -0.3 is 14.4 Å². The number of carbonyl (C=O) groups is 1. The second kappa shape index (κ2) is 9.06. The van der Waals surface area contributed by atoms with Crippen molar-refractivity contribution in [2.45, 2.75) is 19.8 Å². The summed E-state index contributed by atoms with van der Waals surface area (Å²) in [5.74, 6) is 0.183. The summed E-state index contributed by atoms with van der Waals surface area (Å²) >= 11 is 12.3. The van der Waals surface area contributed by atoms with Crippen LogP contribution in [0.5, 0.6) is 23.0 Å². The van der Waals surface area contributed by atoms with Crippen molar-refractivity contribution >= 4 is 40.5 Å². The Labute approximate surface area is 194 Å². The van der Waals surface area contributed by atoms with E-state index in [2.05, 4.69) is 0 Å². The Morgan fingerprint density at radius 1 is 1.06 bits per heavy atom. The van der Waals surface area contributed by atoms with E-state index in [0.717, 1.165) is 12.8 Å². The van der Waals surface area contributed by atoms with Gasteiger partial charge in [0.05, 0.1) is 27.8 Å². The number of rotatable bonds is 6. The lowest BCUT2D eigenvalue weighted by Gasteiger charge is -2.22. The Kier molecular flexibility index (Phi) is 6.21. The van der Waals surface area contributed by atoms with E-state index in [1.807, 2.05) is 6.92 Å². The number of non-ortho nitro benzene ring substituents is 1. The molecule has 0 aromatic heterocycles. The van der Waals surface area contributed by atoms with Crippen molar-refractivity contribution < 1.29 is 19.2 Å². The van der Waals surface area contributed by atoms with Crippen molar-refractivity contribution in [3.05, 3.63) is 80.3 Å². The van der Waals surface area contributed by atoms with Gasteiger partial charge in [0.25, 0.3) is 11.6 Å². The zero-order chi connectivity index (χ0) is 22.8. The highest BCUT2D eigenvalue weighted by Crippen LogP contribution is 2.46. The van der Waals surface area contributed by atoms with Crippen LogP contribution in [0.1, 0.15) is 30.1 Å². The van der Waals surface area contributed by atoms with Crippen LogP contribution < -0.4 is 14.4 Å². The average molecular weight is 473 g/mol. The lowest BCUT2D eigenvalue weighted by Crippen LogP contribution is -2.31. The van der Waals surface area contributed by atoms with Crippen molar-refractivity contribution in [1.82, 2.24) is 0 Å². The molecule has 1 aliphatic rings. The third kappa shape index (κ3) is 4.09. The third-order valence-corrected chi connectivity index (χ3v) is 5.77. The summed E-state index contributed by atoms with van der Waals surface area (Å²) in [6.45, 7) is 2.47. The first-order chi connectivity index (χ1) is 15.4. The lowest BCUT2D eigenvalue weighted by molar-refractivity contribution is -0.385. The normalized spacial score (nSPS) is 12.5. The standard InChI is InChI=1S/C23H18Cl2N2O5/c1-2-3-11-26-16-8-4-5-9-17(16)31-19-12-14(27(29)30)13-20(21(19)23(26)28)32-18-10-6-7-15(24)22(18)25/h4-10,12-13H,2-3,11H2,1H3. The van der Waals surface area contributed by atoms with Crippen molar-refractivity contribution in [1.29, 1.82) is 0 Å². The van der Waals surface area contributed by atoms with E-state index < -0.39 is 4.92 Å². The number of amides is 1.